The zero-order valence-corrected chi connectivity index (χ0v) is 16.5. The molecule has 1 aromatic carbocycles. The van der Waals surface area contributed by atoms with E-state index < -0.39 is 0 Å². The molecule has 29 heavy (non-hydrogen) atoms. The highest BCUT2D eigenvalue weighted by Gasteiger charge is 2.22. The number of nitrogens with one attached hydrogen (secondary N) is 2. The molecule has 0 aliphatic heterocycles. The summed E-state index contributed by atoms with van der Waals surface area (Å²) in [6.45, 7) is 0. The summed E-state index contributed by atoms with van der Waals surface area (Å²) in [5.41, 5.74) is 4.72. The average molecular weight is 402 g/mol. The molecule has 1 aliphatic carbocycles. The number of benzene rings is 1. The van der Waals surface area contributed by atoms with E-state index in [0.717, 1.165) is 41.0 Å². The highest BCUT2D eigenvalue weighted by molar-refractivity contribution is 7.16. The number of anilines is 1. The van der Waals surface area contributed by atoms with Crippen molar-refractivity contribution in [2.45, 2.75) is 12.8 Å². The average Bonchev–Trinajstić information content (AvgIpc) is 3.44. The summed E-state index contributed by atoms with van der Waals surface area (Å²) in [7, 11) is 1.68. The molecular formula is C22H18N4O2S. The number of carbonyl (C=O) groups excluding carboxylic acids is 1. The molecule has 3 heterocycles. The number of aromatic nitrogens is 3. The first kappa shape index (κ1) is 17.6. The standard InChI is InChI=1S/C22H18N4O2S/c1-28-15-5-2-4-13(10-15)19-11-16-18(29-19)8-7-14-12-24-22(25-20(14)16)26-21(27)17-6-3-9-23-17/h2-6,9-12,23H,7-8H2,1H3,(H,24,25,26,27). The number of methoxy groups -OCH3 is 1. The first-order valence-corrected chi connectivity index (χ1v) is 10.1. The highest BCUT2D eigenvalue weighted by Crippen LogP contribution is 2.42. The normalized spacial score (nSPS) is 12.2. The van der Waals surface area contributed by atoms with Crippen LogP contribution in [0.15, 0.2) is 54.9 Å². The van der Waals surface area contributed by atoms with E-state index in [1.165, 1.54) is 9.75 Å². The second kappa shape index (κ2) is 7.18. The van der Waals surface area contributed by atoms with E-state index >= 15 is 0 Å². The predicted molar refractivity (Wildman–Crippen MR) is 113 cm³/mol. The van der Waals surface area contributed by atoms with Crippen LogP contribution in [0.3, 0.4) is 0 Å². The number of rotatable bonds is 4. The van der Waals surface area contributed by atoms with Gasteiger partial charge in [0.2, 0.25) is 5.95 Å². The van der Waals surface area contributed by atoms with E-state index in [4.69, 9.17) is 4.74 Å². The third kappa shape index (κ3) is 3.30. The van der Waals surface area contributed by atoms with Crippen LogP contribution in [0.4, 0.5) is 5.95 Å². The van der Waals surface area contributed by atoms with Crippen LogP contribution in [0.25, 0.3) is 21.7 Å². The Hall–Kier alpha value is -3.45. The number of aryl methyl sites for hydroxylation is 2. The van der Waals surface area contributed by atoms with Crippen LogP contribution < -0.4 is 10.1 Å². The van der Waals surface area contributed by atoms with Crippen LogP contribution >= 0.6 is 11.3 Å². The third-order valence-electron chi connectivity index (χ3n) is 4.97. The smallest absolute Gasteiger partial charge is 0.274 e. The van der Waals surface area contributed by atoms with Crippen molar-refractivity contribution >= 4 is 23.2 Å². The number of nitrogens with zero attached hydrogens (tertiary/aromatic N) is 2. The lowest BCUT2D eigenvalue weighted by atomic mass is 9.96. The van der Waals surface area contributed by atoms with Crippen LogP contribution in [0.5, 0.6) is 5.75 Å². The van der Waals surface area contributed by atoms with Crippen LogP contribution in [-0.2, 0) is 12.8 Å². The van der Waals surface area contributed by atoms with Gasteiger partial charge in [-0.05, 0) is 54.3 Å². The number of fused-ring (bicyclic) bond motifs is 3. The van der Waals surface area contributed by atoms with Gasteiger partial charge in [-0.3, -0.25) is 10.1 Å². The van der Waals surface area contributed by atoms with E-state index in [0.29, 0.717) is 11.6 Å². The lowest BCUT2D eigenvalue weighted by Crippen LogP contribution is -2.16. The number of hydrogen-bond donors (Lipinski definition) is 2. The molecule has 2 N–H and O–H groups in total. The van der Waals surface area contributed by atoms with Crippen molar-refractivity contribution in [3.63, 3.8) is 0 Å². The quantitative estimate of drug-likeness (QED) is 0.524. The minimum atomic E-state index is -0.256. The van der Waals surface area contributed by atoms with Crippen LogP contribution in [-0.4, -0.2) is 28.0 Å². The topological polar surface area (TPSA) is 79.9 Å². The minimum Gasteiger partial charge on any atom is -0.497 e. The molecule has 0 fully saturated rings. The zero-order chi connectivity index (χ0) is 19.8. The maximum Gasteiger partial charge on any atom is 0.274 e. The Kier molecular flexibility index (Phi) is 4.37. The Morgan fingerprint density at radius 3 is 2.97 bits per heavy atom. The van der Waals surface area contributed by atoms with E-state index in [1.54, 1.807) is 36.8 Å². The second-order valence-corrected chi connectivity index (χ2v) is 7.92. The fraction of sp³-hybridized carbons (Fsp3) is 0.136. The van der Waals surface area contributed by atoms with Gasteiger partial charge in [0.1, 0.15) is 11.4 Å². The molecule has 0 unspecified atom stereocenters. The second-order valence-electron chi connectivity index (χ2n) is 6.78. The van der Waals surface area contributed by atoms with Crippen LogP contribution in [0.2, 0.25) is 0 Å². The van der Waals surface area contributed by atoms with Crippen molar-refractivity contribution in [3.8, 4) is 27.4 Å². The molecule has 0 saturated carbocycles. The zero-order valence-electron chi connectivity index (χ0n) is 15.7. The Labute approximate surface area is 171 Å². The van der Waals surface area contributed by atoms with Gasteiger partial charge in [0, 0.05) is 27.7 Å². The number of carbonyl (C=O) groups is 1. The van der Waals surface area contributed by atoms with E-state index in [1.807, 2.05) is 24.4 Å². The van der Waals surface area contributed by atoms with Crippen molar-refractivity contribution in [2.24, 2.45) is 0 Å². The van der Waals surface area contributed by atoms with Gasteiger partial charge < -0.3 is 9.72 Å². The van der Waals surface area contributed by atoms with E-state index in [2.05, 4.69) is 32.4 Å². The minimum absolute atomic E-state index is 0.256. The lowest BCUT2D eigenvalue weighted by Gasteiger charge is -2.15. The first-order valence-electron chi connectivity index (χ1n) is 9.29. The maximum absolute atomic E-state index is 12.3. The highest BCUT2D eigenvalue weighted by atomic mass is 32.1. The van der Waals surface area contributed by atoms with Gasteiger partial charge in [-0.25, -0.2) is 9.97 Å². The number of amides is 1. The van der Waals surface area contributed by atoms with Crippen molar-refractivity contribution in [1.82, 2.24) is 15.0 Å². The maximum atomic E-state index is 12.3. The molecule has 0 radical (unpaired) electrons. The largest absolute Gasteiger partial charge is 0.497 e. The molecule has 144 valence electrons. The molecular weight excluding hydrogens is 384 g/mol. The molecule has 0 bridgehead atoms. The monoisotopic (exact) mass is 402 g/mol. The molecule has 7 heteroatoms. The Bertz CT molecular complexity index is 1200. The van der Waals surface area contributed by atoms with Gasteiger partial charge in [0.15, 0.2) is 0 Å². The summed E-state index contributed by atoms with van der Waals surface area (Å²) in [5, 5.41) is 2.77. The first-order chi connectivity index (χ1) is 14.2. The van der Waals surface area contributed by atoms with Crippen LogP contribution in [0, 0.1) is 0 Å². The summed E-state index contributed by atoms with van der Waals surface area (Å²) >= 11 is 1.78. The summed E-state index contributed by atoms with van der Waals surface area (Å²) in [6, 6.07) is 13.7. The molecule has 0 spiro atoms. The number of thiophene rings is 1. The number of hydrogen-bond acceptors (Lipinski definition) is 5. The number of aromatic amines is 1. The molecule has 6 nitrogen and oxygen atoms in total. The Balaban J connectivity index is 1.49. The molecule has 0 saturated heterocycles. The van der Waals surface area contributed by atoms with Crippen molar-refractivity contribution in [3.05, 3.63) is 71.0 Å². The molecule has 3 aromatic heterocycles. The number of H-pyrrole nitrogens is 1. The Morgan fingerprint density at radius 2 is 2.14 bits per heavy atom. The Morgan fingerprint density at radius 1 is 1.21 bits per heavy atom. The fourth-order valence-electron chi connectivity index (χ4n) is 3.51. The van der Waals surface area contributed by atoms with Gasteiger partial charge in [-0.2, -0.15) is 0 Å². The van der Waals surface area contributed by atoms with Crippen molar-refractivity contribution < 1.29 is 9.53 Å². The van der Waals surface area contributed by atoms with Gasteiger partial charge >= 0.3 is 0 Å². The van der Waals surface area contributed by atoms with E-state index in [-0.39, 0.29) is 5.91 Å². The van der Waals surface area contributed by atoms with Crippen molar-refractivity contribution in [2.75, 3.05) is 12.4 Å². The van der Waals surface area contributed by atoms with Gasteiger partial charge in [-0.15, -0.1) is 11.3 Å². The SMILES string of the molecule is COc1cccc(-c2cc3c(s2)CCc2cnc(NC(=O)c4ccc[nH]4)nc2-3)c1. The molecule has 1 amide bonds. The van der Waals surface area contributed by atoms with E-state index in [9.17, 15) is 4.79 Å². The summed E-state index contributed by atoms with van der Waals surface area (Å²) in [5.74, 6) is 0.893. The van der Waals surface area contributed by atoms with Gasteiger partial charge in [0.25, 0.3) is 5.91 Å². The fourth-order valence-corrected chi connectivity index (χ4v) is 4.66. The third-order valence-corrected chi connectivity index (χ3v) is 6.22. The summed E-state index contributed by atoms with van der Waals surface area (Å²) in [6.07, 6.45) is 5.39. The predicted octanol–water partition coefficient (Wildman–Crippen LogP) is 4.56. The molecule has 0 atom stereocenters. The molecule has 1 aliphatic rings. The van der Waals surface area contributed by atoms with Crippen molar-refractivity contribution in [1.29, 1.82) is 0 Å². The molecule has 4 aromatic rings. The number of ether oxygens (including phenoxy) is 1. The summed E-state index contributed by atoms with van der Waals surface area (Å²) in [4.78, 5) is 26.7. The van der Waals surface area contributed by atoms with Gasteiger partial charge in [0.05, 0.1) is 12.8 Å². The molecule has 5 rings (SSSR count). The van der Waals surface area contributed by atoms with Gasteiger partial charge in [-0.1, -0.05) is 12.1 Å². The van der Waals surface area contributed by atoms with Crippen LogP contribution in [0.1, 0.15) is 20.9 Å². The lowest BCUT2D eigenvalue weighted by molar-refractivity contribution is 0.102. The summed E-state index contributed by atoms with van der Waals surface area (Å²) < 4.78 is 5.36.